The van der Waals surface area contributed by atoms with Gasteiger partial charge in [-0.15, -0.1) is 0 Å². The van der Waals surface area contributed by atoms with Crippen LogP contribution < -0.4 is 4.90 Å². The lowest BCUT2D eigenvalue weighted by atomic mass is 10.4. The number of aliphatic carboxylic acids is 1. The van der Waals surface area contributed by atoms with Crippen LogP contribution >= 0.6 is 0 Å². The topological polar surface area (TPSA) is 69.6 Å². The van der Waals surface area contributed by atoms with Crippen molar-refractivity contribution in [3.63, 3.8) is 0 Å². The largest absolute Gasteiger partial charge is 0.480 e. The van der Waals surface area contributed by atoms with Crippen LogP contribution in [0.2, 0.25) is 0 Å². The summed E-state index contributed by atoms with van der Waals surface area (Å²) in [5, 5.41) is 8.81. The van der Waals surface area contributed by atoms with Crippen molar-refractivity contribution in [1.29, 1.82) is 0 Å². The molecule has 0 bridgehead atoms. The Morgan fingerprint density at radius 2 is 2.00 bits per heavy atom. The Balaban J connectivity index is 2.97. The Labute approximate surface area is 113 Å². The molecule has 0 unspecified atom stereocenters. The van der Waals surface area contributed by atoms with E-state index in [1.54, 1.807) is 19.0 Å². The number of alkyl halides is 3. The van der Waals surface area contributed by atoms with Crippen molar-refractivity contribution in [2.45, 2.75) is 6.18 Å². The highest BCUT2D eigenvalue weighted by molar-refractivity contribution is 5.72. The summed E-state index contributed by atoms with van der Waals surface area (Å²) in [5.41, 5.74) is -1.09. The molecule has 112 valence electrons. The number of rotatable bonds is 6. The van der Waals surface area contributed by atoms with E-state index in [2.05, 4.69) is 9.97 Å². The molecule has 0 atom stereocenters. The molecule has 0 spiro atoms. The van der Waals surface area contributed by atoms with Crippen molar-refractivity contribution in [3.8, 4) is 0 Å². The smallest absolute Gasteiger partial charge is 0.433 e. The van der Waals surface area contributed by atoms with Gasteiger partial charge in [0, 0.05) is 19.3 Å². The second-order valence-electron chi connectivity index (χ2n) is 4.36. The summed E-state index contributed by atoms with van der Waals surface area (Å²) in [7, 11) is 3.54. The summed E-state index contributed by atoms with van der Waals surface area (Å²) in [5.74, 6) is -1.41. The van der Waals surface area contributed by atoms with Gasteiger partial charge in [-0.25, -0.2) is 9.97 Å². The van der Waals surface area contributed by atoms with Gasteiger partial charge in [-0.2, -0.15) is 13.2 Å². The van der Waals surface area contributed by atoms with Crippen molar-refractivity contribution >= 4 is 11.9 Å². The van der Waals surface area contributed by atoms with E-state index in [1.165, 1.54) is 4.90 Å². The van der Waals surface area contributed by atoms with E-state index in [9.17, 15) is 18.0 Å². The molecule has 1 aromatic heterocycles. The predicted molar refractivity (Wildman–Crippen MR) is 65.4 cm³/mol. The number of carboxylic acid groups (broad SMARTS) is 1. The van der Waals surface area contributed by atoms with Crippen LogP contribution in [0.5, 0.6) is 0 Å². The van der Waals surface area contributed by atoms with Crippen LogP contribution in [0.15, 0.2) is 12.3 Å². The van der Waals surface area contributed by atoms with E-state index in [0.29, 0.717) is 6.54 Å². The zero-order chi connectivity index (χ0) is 15.3. The zero-order valence-corrected chi connectivity index (χ0v) is 11.1. The van der Waals surface area contributed by atoms with Crippen LogP contribution in [0.3, 0.4) is 0 Å². The summed E-state index contributed by atoms with van der Waals surface area (Å²) in [6, 6.07) is 0.744. The molecule has 0 radical (unpaired) electrons. The Kier molecular flexibility index (Phi) is 5.26. The monoisotopic (exact) mass is 292 g/mol. The fraction of sp³-hybridized carbons (Fsp3) is 0.545. The van der Waals surface area contributed by atoms with Gasteiger partial charge in [-0.1, -0.05) is 0 Å². The quantitative estimate of drug-likeness (QED) is 0.842. The Morgan fingerprint density at radius 3 is 2.50 bits per heavy atom. The molecule has 0 aliphatic heterocycles. The number of hydrogen-bond donors (Lipinski definition) is 1. The molecule has 0 fully saturated rings. The number of likely N-dealkylation sites (N-methyl/N-ethyl adjacent to an activating group) is 1. The van der Waals surface area contributed by atoms with Gasteiger partial charge in [-0.05, 0) is 20.2 Å². The molecule has 1 rings (SSSR count). The maximum Gasteiger partial charge on any atom is 0.433 e. The highest BCUT2D eigenvalue weighted by Crippen LogP contribution is 2.28. The summed E-state index contributed by atoms with van der Waals surface area (Å²) in [6.45, 7) is 0.211. The van der Waals surface area contributed by atoms with Gasteiger partial charge in [0.2, 0.25) is 5.95 Å². The second kappa shape index (κ2) is 6.51. The molecule has 1 heterocycles. The van der Waals surface area contributed by atoms with Crippen molar-refractivity contribution in [2.24, 2.45) is 0 Å². The van der Waals surface area contributed by atoms with Crippen LogP contribution in [0, 0.1) is 0 Å². The molecule has 0 saturated heterocycles. The number of anilines is 1. The van der Waals surface area contributed by atoms with Crippen LogP contribution in [-0.2, 0) is 11.0 Å². The average Bonchev–Trinajstić information content (AvgIpc) is 2.33. The van der Waals surface area contributed by atoms with Crippen molar-refractivity contribution in [1.82, 2.24) is 14.9 Å². The predicted octanol–water partition coefficient (Wildman–Crippen LogP) is 0.948. The lowest BCUT2D eigenvalue weighted by molar-refractivity contribution is -0.141. The highest BCUT2D eigenvalue weighted by atomic mass is 19.4. The first-order valence-corrected chi connectivity index (χ1v) is 5.72. The van der Waals surface area contributed by atoms with E-state index < -0.39 is 24.4 Å². The first-order valence-electron chi connectivity index (χ1n) is 5.72. The number of nitrogens with zero attached hydrogens (tertiary/aromatic N) is 4. The number of halogens is 3. The van der Waals surface area contributed by atoms with Gasteiger partial charge in [0.05, 0.1) is 0 Å². The minimum Gasteiger partial charge on any atom is -0.480 e. The van der Waals surface area contributed by atoms with Crippen LogP contribution in [0.25, 0.3) is 0 Å². The first-order chi connectivity index (χ1) is 9.20. The molecule has 1 aromatic rings. The van der Waals surface area contributed by atoms with Gasteiger partial charge in [0.15, 0.2) is 0 Å². The average molecular weight is 292 g/mol. The minimum absolute atomic E-state index is 0.209. The number of carbonyl (C=O) groups is 1. The summed E-state index contributed by atoms with van der Waals surface area (Å²) < 4.78 is 37.7. The normalized spacial score (nSPS) is 11.7. The lowest BCUT2D eigenvalue weighted by Crippen LogP contribution is -2.37. The van der Waals surface area contributed by atoms with Crippen molar-refractivity contribution in [2.75, 3.05) is 38.6 Å². The standard InChI is InChI=1S/C11H15F3N4O2/c1-17(2)5-6-18(7-9(19)20)10-15-4-3-8(16-10)11(12,13)14/h3-4H,5-7H2,1-2H3,(H,19,20). The van der Waals surface area contributed by atoms with E-state index in [-0.39, 0.29) is 12.5 Å². The molecular weight excluding hydrogens is 277 g/mol. The number of hydrogen-bond acceptors (Lipinski definition) is 5. The molecule has 0 aliphatic carbocycles. The molecule has 0 saturated carbocycles. The summed E-state index contributed by atoms with van der Waals surface area (Å²) >= 11 is 0. The van der Waals surface area contributed by atoms with Gasteiger partial charge in [-0.3, -0.25) is 4.79 Å². The maximum atomic E-state index is 12.6. The highest BCUT2D eigenvalue weighted by Gasteiger charge is 2.33. The van der Waals surface area contributed by atoms with Gasteiger partial charge in [0.1, 0.15) is 12.2 Å². The fourth-order valence-electron chi connectivity index (χ4n) is 1.39. The Morgan fingerprint density at radius 1 is 1.35 bits per heavy atom. The molecule has 0 aliphatic rings. The van der Waals surface area contributed by atoms with Crippen molar-refractivity contribution < 1.29 is 23.1 Å². The summed E-state index contributed by atoms with van der Waals surface area (Å²) in [6.07, 6.45) is -3.62. The number of carboxylic acids is 1. The van der Waals surface area contributed by atoms with Crippen LogP contribution in [0.4, 0.5) is 19.1 Å². The van der Waals surface area contributed by atoms with Gasteiger partial charge >= 0.3 is 12.1 Å². The fourth-order valence-corrected chi connectivity index (χ4v) is 1.39. The second-order valence-corrected chi connectivity index (χ2v) is 4.36. The van der Waals surface area contributed by atoms with E-state index >= 15 is 0 Å². The molecule has 20 heavy (non-hydrogen) atoms. The Hall–Kier alpha value is -1.90. The lowest BCUT2D eigenvalue weighted by Gasteiger charge is -2.23. The van der Waals surface area contributed by atoms with Crippen molar-refractivity contribution in [3.05, 3.63) is 18.0 Å². The first kappa shape index (κ1) is 16.2. The minimum atomic E-state index is -4.59. The van der Waals surface area contributed by atoms with E-state index in [0.717, 1.165) is 12.3 Å². The molecule has 6 nitrogen and oxygen atoms in total. The van der Waals surface area contributed by atoms with Crippen LogP contribution in [0.1, 0.15) is 5.69 Å². The zero-order valence-electron chi connectivity index (χ0n) is 11.1. The Bertz CT molecular complexity index is 465. The van der Waals surface area contributed by atoms with E-state index in [1.807, 2.05) is 0 Å². The summed E-state index contributed by atoms with van der Waals surface area (Å²) in [4.78, 5) is 20.8. The number of aromatic nitrogens is 2. The molecular formula is C11H15F3N4O2. The maximum absolute atomic E-state index is 12.6. The SMILES string of the molecule is CN(C)CCN(CC(=O)O)c1nccc(C(F)(F)F)n1. The van der Waals surface area contributed by atoms with Gasteiger partial charge in [0.25, 0.3) is 0 Å². The molecule has 0 aromatic carbocycles. The van der Waals surface area contributed by atoms with Gasteiger partial charge < -0.3 is 14.9 Å². The van der Waals surface area contributed by atoms with E-state index in [4.69, 9.17) is 5.11 Å². The third-order valence-electron chi connectivity index (χ3n) is 2.36. The third-order valence-corrected chi connectivity index (χ3v) is 2.36. The third kappa shape index (κ3) is 5.00. The molecule has 9 heteroatoms. The molecule has 0 amide bonds. The van der Waals surface area contributed by atoms with Crippen LogP contribution in [-0.4, -0.2) is 59.7 Å². The molecule has 1 N–H and O–H groups in total.